The topological polar surface area (TPSA) is 27.8 Å². The quantitative estimate of drug-likeness (QED) is 0.862. The number of H-pyrrole nitrogens is 1. The first-order chi connectivity index (χ1) is 9.24. The van der Waals surface area contributed by atoms with E-state index in [0.29, 0.717) is 6.04 Å². The van der Waals surface area contributed by atoms with Crippen LogP contribution in [0.4, 0.5) is 4.39 Å². The maximum Gasteiger partial charge on any atom is 0.123 e. The second-order valence-electron chi connectivity index (χ2n) is 5.60. The van der Waals surface area contributed by atoms with Gasteiger partial charge in [-0.15, -0.1) is 0 Å². The van der Waals surface area contributed by atoms with E-state index in [1.807, 2.05) is 6.07 Å². The van der Waals surface area contributed by atoms with E-state index in [0.717, 1.165) is 29.6 Å². The number of aromatic amines is 1. The molecule has 0 aliphatic heterocycles. The summed E-state index contributed by atoms with van der Waals surface area (Å²) in [5.41, 5.74) is 3.45. The van der Waals surface area contributed by atoms with E-state index in [2.05, 4.69) is 17.2 Å². The molecule has 0 saturated heterocycles. The van der Waals surface area contributed by atoms with Crippen LogP contribution >= 0.6 is 0 Å². The summed E-state index contributed by atoms with van der Waals surface area (Å²) in [5, 5.41) is 4.65. The van der Waals surface area contributed by atoms with Crippen LogP contribution in [0.5, 0.6) is 0 Å². The van der Waals surface area contributed by atoms with Crippen LogP contribution in [0.15, 0.2) is 18.2 Å². The van der Waals surface area contributed by atoms with Gasteiger partial charge in [0.25, 0.3) is 0 Å². The maximum absolute atomic E-state index is 13.4. The summed E-state index contributed by atoms with van der Waals surface area (Å²) in [7, 11) is 0. The highest BCUT2D eigenvalue weighted by Gasteiger charge is 2.14. The molecule has 1 fully saturated rings. The summed E-state index contributed by atoms with van der Waals surface area (Å²) in [6.07, 6.45) is 6.29. The second kappa shape index (κ2) is 5.33. The Hall–Kier alpha value is -1.35. The standard InChI is InChI=1S/C16H21FN2/c1-11-14(8-9-18-13-4-2-3-5-13)15-10-12(17)6-7-16(15)19-11/h6-7,10,13,18-19H,2-5,8-9H2,1H3. The van der Waals surface area contributed by atoms with E-state index in [-0.39, 0.29) is 5.82 Å². The Labute approximate surface area is 113 Å². The Morgan fingerprint density at radius 1 is 1.32 bits per heavy atom. The zero-order valence-corrected chi connectivity index (χ0v) is 11.4. The fourth-order valence-corrected chi connectivity index (χ4v) is 3.21. The monoisotopic (exact) mass is 260 g/mol. The van der Waals surface area contributed by atoms with Crippen molar-refractivity contribution in [1.82, 2.24) is 10.3 Å². The van der Waals surface area contributed by atoms with Gasteiger partial charge in [-0.05, 0) is 56.5 Å². The molecule has 1 saturated carbocycles. The Morgan fingerprint density at radius 3 is 2.89 bits per heavy atom. The molecular formula is C16H21FN2. The number of halogens is 1. The Bertz CT molecular complexity index is 567. The van der Waals surface area contributed by atoms with E-state index in [1.54, 1.807) is 6.07 Å². The molecule has 1 aliphatic rings. The van der Waals surface area contributed by atoms with Crippen LogP contribution in [0.1, 0.15) is 36.9 Å². The summed E-state index contributed by atoms with van der Waals surface area (Å²) in [6, 6.07) is 5.68. The van der Waals surface area contributed by atoms with E-state index < -0.39 is 0 Å². The third-order valence-corrected chi connectivity index (χ3v) is 4.24. The van der Waals surface area contributed by atoms with Gasteiger partial charge in [0.05, 0.1) is 0 Å². The molecule has 0 radical (unpaired) electrons. The highest BCUT2D eigenvalue weighted by molar-refractivity contribution is 5.84. The molecule has 3 heteroatoms. The molecule has 1 heterocycles. The van der Waals surface area contributed by atoms with Crippen LogP contribution in [0.25, 0.3) is 10.9 Å². The Kier molecular flexibility index (Phi) is 3.56. The molecule has 19 heavy (non-hydrogen) atoms. The number of hydrogen-bond acceptors (Lipinski definition) is 1. The largest absolute Gasteiger partial charge is 0.358 e. The average molecular weight is 260 g/mol. The number of fused-ring (bicyclic) bond motifs is 1. The van der Waals surface area contributed by atoms with Gasteiger partial charge in [-0.3, -0.25) is 0 Å². The molecule has 3 rings (SSSR count). The molecule has 1 aliphatic carbocycles. The van der Waals surface area contributed by atoms with Gasteiger partial charge in [0, 0.05) is 22.6 Å². The van der Waals surface area contributed by atoms with Crippen molar-refractivity contribution < 1.29 is 4.39 Å². The van der Waals surface area contributed by atoms with Gasteiger partial charge < -0.3 is 10.3 Å². The lowest BCUT2D eigenvalue weighted by Gasteiger charge is -2.11. The number of rotatable bonds is 4. The van der Waals surface area contributed by atoms with Crippen molar-refractivity contribution in [3.8, 4) is 0 Å². The predicted molar refractivity (Wildman–Crippen MR) is 77.0 cm³/mol. The van der Waals surface area contributed by atoms with Crippen LogP contribution in [0.2, 0.25) is 0 Å². The summed E-state index contributed by atoms with van der Waals surface area (Å²) in [5.74, 6) is -0.156. The van der Waals surface area contributed by atoms with Crippen LogP contribution < -0.4 is 5.32 Å². The minimum absolute atomic E-state index is 0.156. The molecular weight excluding hydrogens is 239 g/mol. The summed E-state index contributed by atoms with van der Waals surface area (Å²) in [6.45, 7) is 3.05. The normalized spacial score (nSPS) is 16.5. The van der Waals surface area contributed by atoms with Gasteiger partial charge in [-0.2, -0.15) is 0 Å². The molecule has 102 valence electrons. The van der Waals surface area contributed by atoms with Crippen LogP contribution in [-0.4, -0.2) is 17.6 Å². The highest BCUT2D eigenvalue weighted by atomic mass is 19.1. The third kappa shape index (κ3) is 2.66. The lowest BCUT2D eigenvalue weighted by molar-refractivity contribution is 0.528. The number of aromatic nitrogens is 1. The van der Waals surface area contributed by atoms with Crippen molar-refractivity contribution in [3.05, 3.63) is 35.3 Å². The first-order valence-corrected chi connectivity index (χ1v) is 7.24. The van der Waals surface area contributed by atoms with Crippen molar-refractivity contribution in [2.24, 2.45) is 0 Å². The average Bonchev–Trinajstić information content (AvgIpc) is 2.99. The first-order valence-electron chi connectivity index (χ1n) is 7.24. The van der Waals surface area contributed by atoms with Crippen molar-refractivity contribution in [1.29, 1.82) is 0 Å². The zero-order valence-electron chi connectivity index (χ0n) is 11.4. The van der Waals surface area contributed by atoms with E-state index >= 15 is 0 Å². The molecule has 2 N–H and O–H groups in total. The molecule has 0 atom stereocenters. The zero-order chi connectivity index (χ0) is 13.2. The van der Waals surface area contributed by atoms with Crippen molar-refractivity contribution in [2.75, 3.05) is 6.54 Å². The molecule has 0 bridgehead atoms. The smallest absolute Gasteiger partial charge is 0.123 e. The van der Waals surface area contributed by atoms with E-state index in [1.165, 1.54) is 37.3 Å². The molecule has 1 aromatic carbocycles. The lowest BCUT2D eigenvalue weighted by Crippen LogP contribution is -2.28. The number of aryl methyl sites for hydroxylation is 1. The summed E-state index contributed by atoms with van der Waals surface area (Å²) < 4.78 is 13.4. The lowest BCUT2D eigenvalue weighted by atomic mass is 10.1. The summed E-state index contributed by atoms with van der Waals surface area (Å²) in [4.78, 5) is 3.34. The fraction of sp³-hybridized carbons (Fsp3) is 0.500. The van der Waals surface area contributed by atoms with Crippen molar-refractivity contribution in [2.45, 2.75) is 45.1 Å². The molecule has 0 spiro atoms. The Balaban J connectivity index is 1.72. The highest BCUT2D eigenvalue weighted by Crippen LogP contribution is 2.23. The van der Waals surface area contributed by atoms with Crippen molar-refractivity contribution in [3.63, 3.8) is 0 Å². The van der Waals surface area contributed by atoms with Crippen molar-refractivity contribution >= 4 is 10.9 Å². The Morgan fingerprint density at radius 2 is 2.11 bits per heavy atom. The molecule has 1 aromatic heterocycles. The van der Waals surface area contributed by atoms with Crippen LogP contribution in [0.3, 0.4) is 0 Å². The van der Waals surface area contributed by atoms with Crippen LogP contribution in [0, 0.1) is 12.7 Å². The van der Waals surface area contributed by atoms with Gasteiger partial charge in [0.15, 0.2) is 0 Å². The first kappa shape index (κ1) is 12.7. The molecule has 2 nitrogen and oxygen atoms in total. The SMILES string of the molecule is Cc1[nH]c2ccc(F)cc2c1CCNC1CCCC1. The predicted octanol–water partition coefficient (Wildman–Crippen LogP) is 3.69. The second-order valence-corrected chi connectivity index (χ2v) is 5.60. The number of nitrogens with one attached hydrogen (secondary N) is 2. The van der Waals surface area contributed by atoms with Gasteiger partial charge in [-0.25, -0.2) is 4.39 Å². The molecule has 0 amide bonds. The minimum Gasteiger partial charge on any atom is -0.358 e. The van der Waals surface area contributed by atoms with Gasteiger partial charge in [0.1, 0.15) is 5.82 Å². The summed E-state index contributed by atoms with van der Waals surface area (Å²) >= 11 is 0. The van der Waals surface area contributed by atoms with Gasteiger partial charge in [-0.1, -0.05) is 12.8 Å². The van der Waals surface area contributed by atoms with Crippen LogP contribution in [-0.2, 0) is 6.42 Å². The van der Waals surface area contributed by atoms with Gasteiger partial charge in [0.2, 0.25) is 0 Å². The molecule has 0 unspecified atom stereocenters. The number of hydrogen-bond donors (Lipinski definition) is 2. The van der Waals surface area contributed by atoms with Gasteiger partial charge >= 0.3 is 0 Å². The maximum atomic E-state index is 13.4. The fourth-order valence-electron chi connectivity index (χ4n) is 3.21. The minimum atomic E-state index is -0.156. The third-order valence-electron chi connectivity index (χ3n) is 4.24. The van der Waals surface area contributed by atoms with E-state index in [9.17, 15) is 4.39 Å². The molecule has 2 aromatic rings. The van der Waals surface area contributed by atoms with E-state index in [4.69, 9.17) is 0 Å². The number of benzene rings is 1.